The topological polar surface area (TPSA) is 70.6 Å². The van der Waals surface area contributed by atoms with Crippen LogP contribution >= 0.6 is 0 Å². The van der Waals surface area contributed by atoms with Gasteiger partial charge in [-0.15, -0.1) is 0 Å². The van der Waals surface area contributed by atoms with Gasteiger partial charge in [-0.25, -0.2) is 13.6 Å². The third kappa shape index (κ3) is 4.79. The fourth-order valence-corrected chi connectivity index (χ4v) is 2.76. The number of methoxy groups -OCH3 is 1. The van der Waals surface area contributed by atoms with Gasteiger partial charge in [-0.3, -0.25) is 0 Å². The first-order valence-electron chi connectivity index (χ1n) is 7.74. The molecule has 2 amide bonds. The molecule has 1 aromatic carbocycles. The summed E-state index contributed by atoms with van der Waals surface area (Å²) in [5, 5.41) is 15.2. The quantitative estimate of drug-likeness (QED) is 0.744. The maximum absolute atomic E-state index is 13.8. The molecule has 0 atom stereocenters. The van der Waals surface area contributed by atoms with Crippen molar-refractivity contribution in [1.29, 1.82) is 0 Å². The molecule has 0 radical (unpaired) electrons. The van der Waals surface area contributed by atoms with E-state index < -0.39 is 23.3 Å². The summed E-state index contributed by atoms with van der Waals surface area (Å²) in [6.45, 7) is 0.0824. The first kappa shape index (κ1) is 17.5. The molecule has 1 fully saturated rings. The number of halogens is 2. The Morgan fingerprint density at radius 1 is 1.22 bits per heavy atom. The van der Waals surface area contributed by atoms with E-state index in [-0.39, 0.29) is 18.0 Å². The number of urea groups is 1. The monoisotopic (exact) mass is 328 g/mol. The van der Waals surface area contributed by atoms with Crippen molar-refractivity contribution in [2.75, 3.05) is 19.0 Å². The minimum Gasteiger partial charge on any atom is -0.494 e. The summed E-state index contributed by atoms with van der Waals surface area (Å²) < 4.78 is 32.0. The summed E-state index contributed by atoms with van der Waals surface area (Å²) in [4.78, 5) is 11.8. The van der Waals surface area contributed by atoms with Gasteiger partial charge in [0.25, 0.3) is 0 Å². The van der Waals surface area contributed by atoms with Crippen LogP contribution < -0.4 is 15.4 Å². The molecule has 0 bridgehead atoms. The molecule has 1 aliphatic carbocycles. The lowest BCUT2D eigenvalue weighted by Gasteiger charge is -2.26. The fourth-order valence-electron chi connectivity index (χ4n) is 2.76. The standard InChI is InChI=1S/C16H22F2N2O3/c1-23-14-9-11(17)13(8-12(14)18)20-15(21)19-10-16(22)6-4-2-3-5-7-16/h8-9,22H,2-7,10H2,1H3,(H2,19,20,21). The summed E-state index contributed by atoms with van der Waals surface area (Å²) in [6.07, 6.45) is 5.23. The first-order chi connectivity index (χ1) is 10.9. The lowest BCUT2D eigenvalue weighted by atomic mass is 9.95. The van der Waals surface area contributed by atoms with Crippen LogP contribution in [0, 0.1) is 11.6 Å². The van der Waals surface area contributed by atoms with E-state index in [9.17, 15) is 18.7 Å². The summed E-state index contributed by atoms with van der Waals surface area (Å²) >= 11 is 0. The van der Waals surface area contributed by atoms with E-state index in [1.165, 1.54) is 7.11 Å². The highest BCUT2D eigenvalue weighted by molar-refractivity contribution is 5.89. The van der Waals surface area contributed by atoms with Gasteiger partial charge in [0.1, 0.15) is 0 Å². The second-order valence-electron chi connectivity index (χ2n) is 5.91. The van der Waals surface area contributed by atoms with Crippen molar-refractivity contribution in [2.45, 2.75) is 44.1 Å². The Morgan fingerprint density at radius 3 is 2.48 bits per heavy atom. The Bertz CT molecular complexity index is 559. The van der Waals surface area contributed by atoms with Crippen LogP contribution in [0.3, 0.4) is 0 Å². The number of ether oxygens (including phenoxy) is 1. The fraction of sp³-hybridized carbons (Fsp3) is 0.562. The number of nitrogens with one attached hydrogen (secondary N) is 2. The highest BCUT2D eigenvalue weighted by Gasteiger charge is 2.28. The molecule has 2 rings (SSSR count). The van der Waals surface area contributed by atoms with Crippen molar-refractivity contribution in [2.24, 2.45) is 0 Å². The van der Waals surface area contributed by atoms with Gasteiger partial charge in [0.2, 0.25) is 0 Å². The number of aliphatic hydroxyl groups is 1. The van der Waals surface area contributed by atoms with Gasteiger partial charge >= 0.3 is 6.03 Å². The molecule has 0 heterocycles. The molecule has 0 spiro atoms. The molecule has 1 aliphatic rings. The number of hydrogen-bond donors (Lipinski definition) is 3. The predicted octanol–water partition coefficient (Wildman–Crippen LogP) is 3.18. The highest BCUT2D eigenvalue weighted by Crippen LogP contribution is 2.27. The lowest BCUT2D eigenvalue weighted by Crippen LogP contribution is -2.44. The average Bonchev–Trinajstić information content (AvgIpc) is 2.74. The number of anilines is 1. The SMILES string of the molecule is COc1cc(F)c(NC(=O)NCC2(O)CCCCCC2)cc1F. The normalized spacial score (nSPS) is 17.2. The van der Waals surface area contributed by atoms with Gasteiger partial charge in [0.05, 0.1) is 18.4 Å². The number of amides is 2. The maximum atomic E-state index is 13.8. The summed E-state index contributed by atoms with van der Waals surface area (Å²) in [5.41, 5.74) is -1.22. The zero-order valence-electron chi connectivity index (χ0n) is 13.1. The van der Waals surface area contributed by atoms with Crippen LogP contribution in [0.1, 0.15) is 38.5 Å². The molecule has 23 heavy (non-hydrogen) atoms. The van der Waals surface area contributed by atoms with Crippen molar-refractivity contribution in [3.05, 3.63) is 23.8 Å². The number of carbonyl (C=O) groups excluding carboxylic acids is 1. The van der Waals surface area contributed by atoms with E-state index in [0.717, 1.165) is 37.8 Å². The smallest absolute Gasteiger partial charge is 0.319 e. The zero-order chi connectivity index (χ0) is 16.9. The largest absolute Gasteiger partial charge is 0.494 e. The third-order valence-electron chi connectivity index (χ3n) is 4.10. The summed E-state index contributed by atoms with van der Waals surface area (Å²) in [6, 6.07) is 1.03. The van der Waals surface area contributed by atoms with Gasteiger partial charge in [0.15, 0.2) is 17.4 Å². The predicted molar refractivity (Wildman–Crippen MR) is 82.6 cm³/mol. The van der Waals surface area contributed by atoms with Crippen LogP contribution in [0.25, 0.3) is 0 Å². The van der Waals surface area contributed by atoms with Crippen LogP contribution in [0.5, 0.6) is 5.75 Å². The summed E-state index contributed by atoms with van der Waals surface area (Å²) in [5.74, 6) is -1.81. The van der Waals surface area contributed by atoms with Crippen LogP contribution in [-0.4, -0.2) is 30.4 Å². The lowest BCUT2D eigenvalue weighted by molar-refractivity contribution is 0.0281. The van der Waals surface area contributed by atoms with Crippen LogP contribution in [-0.2, 0) is 0 Å². The number of benzene rings is 1. The molecule has 0 aromatic heterocycles. The number of hydrogen-bond acceptors (Lipinski definition) is 3. The van der Waals surface area contributed by atoms with E-state index in [4.69, 9.17) is 0 Å². The molecule has 0 saturated heterocycles. The van der Waals surface area contributed by atoms with E-state index in [1.54, 1.807) is 0 Å². The molecule has 128 valence electrons. The van der Waals surface area contributed by atoms with Crippen molar-refractivity contribution >= 4 is 11.7 Å². The van der Waals surface area contributed by atoms with Crippen molar-refractivity contribution in [3.63, 3.8) is 0 Å². The molecular formula is C16H22F2N2O3. The van der Waals surface area contributed by atoms with E-state index in [2.05, 4.69) is 15.4 Å². The number of rotatable bonds is 4. The third-order valence-corrected chi connectivity index (χ3v) is 4.10. The van der Waals surface area contributed by atoms with Gasteiger partial charge in [-0.1, -0.05) is 25.7 Å². The second kappa shape index (κ2) is 7.59. The summed E-state index contributed by atoms with van der Waals surface area (Å²) in [7, 11) is 1.23. The van der Waals surface area contributed by atoms with Gasteiger partial charge in [0, 0.05) is 18.7 Å². The van der Waals surface area contributed by atoms with Crippen molar-refractivity contribution in [3.8, 4) is 5.75 Å². The first-order valence-corrected chi connectivity index (χ1v) is 7.74. The molecule has 1 saturated carbocycles. The Hall–Kier alpha value is -1.89. The Balaban J connectivity index is 1.93. The minimum absolute atomic E-state index is 0.0824. The van der Waals surface area contributed by atoms with Crippen LogP contribution in [0.2, 0.25) is 0 Å². The minimum atomic E-state index is -0.933. The molecule has 0 unspecified atom stereocenters. The van der Waals surface area contributed by atoms with Crippen molar-refractivity contribution < 1.29 is 23.4 Å². The highest BCUT2D eigenvalue weighted by atomic mass is 19.1. The van der Waals surface area contributed by atoms with E-state index >= 15 is 0 Å². The Morgan fingerprint density at radius 2 is 1.87 bits per heavy atom. The Kier molecular flexibility index (Phi) is 5.76. The molecule has 1 aromatic rings. The van der Waals surface area contributed by atoms with Crippen molar-refractivity contribution in [1.82, 2.24) is 5.32 Å². The van der Waals surface area contributed by atoms with Gasteiger partial charge < -0.3 is 20.5 Å². The number of carbonyl (C=O) groups is 1. The zero-order valence-corrected chi connectivity index (χ0v) is 13.1. The van der Waals surface area contributed by atoms with Gasteiger partial charge in [-0.2, -0.15) is 0 Å². The molecular weight excluding hydrogens is 306 g/mol. The Labute approximate surface area is 134 Å². The maximum Gasteiger partial charge on any atom is 0.319 e. The van der Waals surface area contributed by atoms with E-state index in [1.807, 2.05) is 0 Å². The average molecular weight is 328 g/mol. The van der Waals surface area contributed by atoms with Crippen LogP contribution in [0.4, 0.5) is 19.3 Å². The van der Waals surface area contributed by atoms with Gasteiger partial charge in [-0.05, 0) is 12.8 Å². The molecule has 0 aliphatic heterocycles. The molecule has 7 heteroatoms. The van der Waals surface area contributed by atoms with E-state index in [0.29, 0.717) is 12.8 Å². The molecule has 5 nitrogen and oxygen atoms in total. The molecule has 3 N–H and O–H groups in total. The second-order valence-corrected chi connectivity index (χ2v) is 5.91. The van der Waals surface area contributed by atoms with Crippen LogP contribution in [0.15, 0.2) is 12.1 Å².